The molecule has 0 unspecified atom stereocenters. The van der Waals surface area contributed by atoms with Crippen molar-refractivity contribution in [1.29, 1.82) is 0 Å². The molecule has 0 aliphatic carbocycles. The van der Waals surface area contributed by atoms with Crippen molar-refractivity contribution in [2.75, 3.05) is 27.3 Å². The first-order valence-corrected chi connectivity index (χ1v) is 11.3. The molecular formula is C20H22Cl2N2O6S. The van der Waals surface area contributed by atoms with Gasteiger partial charge in [-0.1, -0.05) is 41.4 Å². The molecule has 2 aromatic rings. The number of esters is 1. The lowest BCUT2D eigenvalue weighted by molar-refractivity contribution is -0.151. The van der Waals surface area contributed by atoms with Gasteiger partial charge in [0.25, 0.3) is 5.91 Å². The second-order valence-electron chi connectivity index (χ2n) is 6.46. The average Bonchev–Trinajstić information content (AvgIpc) is 2.72. The molecule has 168 valence electrons. The van der Waals surface area contributed by atoms with Gasteiger partial charge >= 0.3 is 5.97 Å². The van der Waals surface area contributed by atoms with Gasteiger partial charge in [0.1, 0.15) is 10.6 Å². The van der Waals surface area contributed by atoms with Crippen molar-refractivity contribution in [3.63, 3.8) is 0 Å². The van der Waals surface area contributed by atoms with Gasteiger partial charge in [-0.15, -0.1) is 0 Å². The van der Waals surface area contributed by atoms with E-state index in [1.54, 1.807) is 26.3 Å². The number of ether oxygens (including phenoxy) is 2. The first-order chi connectivity index (χ1) is 14.6. The molecule has 0 atom stereocenters. The number of methoxy groups -OCH3 is 1. The number of amides is 1. The first-order valence-electron chi connectivity index (χ1n) is 9.10. The van der Waals surface area contributed by atoms with Crippen LogP contribution in [0.25, 0.3) is 0 Å². The minimum absolute atomic E-state index is 0.0342. The first kappa shape index (κ1) is 24.9. The van der Waals surface area contributed by atoms with Crippen LogP contribution in [0, 0.1) is 0 Å². The van der Waals surface area contributed by atoms with E-state index in [0.29, 0.717) is 12.3 Å². The molecule has 1 N–H and O–H groups in total. The van der Waals surface area contributed by atoms with Gasteiger partial charge in [0.2, 0.25) is 10.0 Å². The minimum Gasteiger partial charge on any atom is -0.497 e. The third kappa shape index (κ3) is 7.39. The van der Waals surface area contributed by atoms with E-state index in [2.05, 4.69) is 4.72 Å². The number of rotatable bonds is 10. The van der Waals surface area contributed by atoms with Gasteiger partial charge in [0, 0.05) is 20.1 Å². The lowest BCUT2D eigenvalue weighted by Crippen LogP contribution is -2.32. The van der Waals surface area contributed by atoms with E-state index >= 15 is 0 Å². The van der Waals surface area contributed by atoms with E-state index in [4.69, 9.17) is 32.7 Å². The van der Waals surface area contributed by atoms with Crippen molar-refractivity contribution >= 4 is 45.1 Å². The van der Waals surface area contributed by atoms with E-state index in [9.17, 15) is 18.0 Å². The Morgan fingerprint density at radius 1 is 1.06 bits per heavy atom. The van der Waals surface area contributed by atoms with Crippen LogP contribution in [0.2, 0.25) is 10.0 Å². The molecule has 0 saturated heterocycles. The summed E-state index contributed by atoms with van der Waals surface area (Å²) in [5.74, 6) is -0.411. The molecule has 8 nitrogen and oxygen atoms in total. The van der Waals surface area contributed by atoms with Crippen molar-refractivity contribution in [1.82, 2.24) is 9.62 Å². The number of halogens is 2. The lowest BCUT2D eigenvalue weighted by atomic mass is 10.2. The molecule has 0 bridgehead atoms. The van der Waals surface area contributed by atoms with Gasteiger partial charge in [-0.25, -0.2) is 13.1 Å². The quantitative estimate of drug-likeness (QED) is 0.515. The average molecular weight is 489 g/mol. The van der Waals surface area contributed by atoms with Gasteiger partial charge in [-0.05, 0) is 29.8 Å². The van der Waals surface area contributed by atoms with Gasteiger partial charge in [0.15, 0.2) is 6.61 Å². The highest BCUT2D eigenvalue weighted by Crippen LogP contribution is 2.28. The summed E-state index contributed by atoms with van der Waals surface area (Å²) in [5, 5.41) is -0.0684. The lowest BCUT2D eigenvalue weighted by Gasteiger charge is -2.17. The summed E-state index contributed by atoms with van der Waals surface area (Å²) in [6, 6.07) is 11.5. The summed E-state index contributed by atoms with van der Waals surface area (Å²) in [6.45, 7) is -0.355. The monoisotopic (exact) mass is 488 g/mol. The van der Waals surface area contributed by atoms with Crippen molar-refractivity contribution in [2.45, 2.75) is 17.9 Å². The van der Waals surface area contributed by atoms with Crippen molar-refractivity contribution in [2.24, 2.45) is 0 Å². The highest BCUT2D eigenvalue weighted by molar-refractivity contribution is 7.89. The minimum atomic E-state index is -4.01. The Bertz CT molecular complexity index is 1010. The largest absolute Gasteiger partial charge is 0.497 e. The molecule has 2 aromatic carbocycles. The summed E-state index contributed by atoms with van der Waals surface area (Å²) in [5.41, 5.74) is 0.885. The predicted molar refractivity (Wildman–Crippen MR) is 117 cm³/mol. The maximum Gasteiger partial charge on any atom is 0.307 e. The van der Waals surface area contributed by atoms with E-state index in [-0.39, 0.29) is 27.9 Å². The Hall–Kier alpha value is -2.33. The number of carbonyl (C=O) groups excluding carboxylic acids is 2. The number of nitrogens with zero attached hydrogens (tertiary/aromatic N) is 1. The molecule has 0 aromatic heterocycles. The SMILES string of the molecule is COc1ccc(CN(C)C(=O)COC(=O)CCNS(=O)(=O)c2c(Cl)cccc2Cl)cc1. The van der Waals surface area contributed by atoms with Crippen molar-refractivity contribution in [3.05, 3.63) is 58.1 Å². The van der Waals surface area contributed by atoms with Gasteiger partial charge in [-0.3, -0.25) is 9.59 Å². The Labute approximate surface area is 191 Å². The summed E-state index contributed by atoms with van der Waals surface area (Å²) in [4.78, 5) is 25.2. The van der Waals surface area contributed by atoms with Crippen molar-refractivity contribution < 1.29 is 27.5 Å². The van der Waals surface area contributed by atoms with E-state index in [1.165, 1.54) is 23.1 Å². The smallest absolute Gasteiger partial charge is 0.307 e. The van der Waals surface area contributed by atoms with Crippen LogP contribution in [0.3, 0.4) is 0 Å². The molecule has 11 heteroatoms. The number of sulfonamides is 1. The van der Waals surface area contributed by atoms with Gasteiger partial charge < -0.3 is 14.4 Å². The van der Waals surface area contributed by atoms with Crippen LogP contribution in [-0.2, 0) is 30.9 Å². The maximum atomic E-state index is 12.3. The molecular weight excluding hydrogens is 467 g/mol. The highest BCUT2D eigenvalue weighted by atomic mass is 35.5. The molecule has 0 spiro atoms. The van der Waals surface area contributed by atoms with Crippen molar-refractivity contribution in [3.8, 4) is 5.75 Å². The zero-order valence-corrected chi connectivity index (χ0v) is 19.3. The second-order valence-corrected chi connectivity index (χ2v) is 8.98. The summed E-state index contributed by atoms with van der Waals surface area (Å²) in [7, 11) is -0.857. The third-order valence-corrected chi connectivity index (χ3v) is 6.59. The molecule has 31 heavy (non-hydrogen) atoms. The zero-order valence-electron chi connectivity index (χ0n) is 16.9. The van der Waals surface area contributed by atoms with Crippen LogP contribution in [-0.4, -0.2) is 52.5 Å². The van der Waals surface area contributed by atoms with E-state index in [1.807, 2.05) is 12.1 Å². The van der Waals surface area contributed by atoms with Crippen LogP contribution in [0.15, 0.2) is 47.4 Å². The fourth-order valence-corrected chi connectivity index (χ4v) is 4.69. The van der Waals surface area contributed by atoms with Gasteiger partial charge in [0.05, 0.1) is 23.6 Å². The normalized spacial score (nSPS) is 11.1. The Balaban J connectivity index is 1.77. The Kier molecular flexibility index (Phi) is 9.12. The molecule has 0 fully saturated rings. The van der Waals surface area contributed by atoms with Crippen LogP contribution in [0.1, 0.15) is 12.0 Å². The molecule has 0 heterocycles. The number of likely N-dealkylation sites (N-methyl/N-ethyl adjacent to an activating group) is 1. The fourth-order valence-electron chi connectivity index (χ4n) is 2.52. The zero-order chi connectivity index (χ0) is 23.0. The molecule has 2 rings (SSSR count). The van der Waals surface area contributed by atoms with Crippen LogP contribution in [0.4, 0.5) is 0 Å². The number of carbonyl (C=O) groups is 2. The Morgan fingerprint density at radius 2 is 1.68 bits per heavy atom. The fraction of sp³-hybridized carbons (Fsp3) is 0.300. The number of hydrogen-bond acceptors (Lipinski definition) is 6. The molecule has 0 saturated carbocycles. The maximum absolute atomic E-state index is 12.3. The highest BCUT2D eigenvalue weighted by Gasteiger charge is 2.21. The van der Waals surface area contributed by atoms with Crippen LogP contribution in [0.5, 0.6) is 5.75 Å². The topological polar surface area (TPSA) is 102 Å². The number of nitrogens with one attached hydrogen (secondary N) is 1. The molecule has 0 radical (unpaired) electrons. The number of benzene rings is 2. The van der Waals surface area contributed by atoms with Crippen LogP contribution >= 0.6 is 23.2 Å². The predicted octanol–water partition coefficient (Wildman–Crippen LogP) is 2.87. The van der Waals surface area contributed by atoms with E-state index < -0.39 is 28.5 Å². The standard InChI is InChI=1S/C20H22Cl2N2O6S/c1-24(12-14-6-8-15(29-2)9-7-14)18(25)13-30-19(26)10-11-23-31(27,28)20-16(21)4-3-5-17(20)22/h3-9,23H,10-13H2,1-2H3. The molecule has 1 amide bonds. The van der Waals surface area contributed by atoms with Crippen LogP contribution < -0.4 is 9.46 Å². The number of hydrogen-bond donors (Lipinski definition) is 1. The molecule has 0 aliphatic heterocycles. The second kappa shape index (κ2) is 11.3. The summed E-state index contributed by atoms with van der Waals surface area (Å²) in [6.07, 6.45) is -0.267. The summed E-state index contributed by atoms with van der Waals surface area (Å²) < 4.78 is 36.9. The Morgan fingerprint density at radius 3 is 2.26 bits per heavy atom. The molecule has 0 aliphatic rings. The summed E-state index contributed by atoms with van der Waals surface area (Å²) >= 11 is 11.8. The van der Waals surface area contributed by atoms with Gasteiger partial charge in [-0.2, -0.15) is 0 Å². The third-order valence-electron chi connectivity index (χ3n) is 4.17. The van der Waals surface area contributed by atoms with E-state index in [0.717, 1.165) is 5.56 Å².